The SMILES string of the molecule is CC(C)Oc1ccc([C@@H](C)NC2CCCCC2)cc1F. The Labute approximate surface area is 121 Å². The van der Waals surface area contributed by atoms with Crippen LogP contribution < -0.4 is 10.1 Å². The van der Waals surface area contributed by atoms with E-state index in [4.69, 9.17) is 4.74 Å². The molecule has 112 valence electrons. The van der Waals surface area contributed by atoms with Gasteiger partial charge in [0.1, 0.15) is 0 Å². The number of benzene rings is 1. The number of hydrogen-bond donors (Lipinski definition) is 1. The van der Waals surface area contributed by atoms with Gasteiger partial charge >= 0.3 is 0 Å². The minimum atomic E-state index is -0.270. The summed E-state index contributed by atoms with van der Waals surface area (Å²) < 4.78 is 19.4. The van der Waals surface area contributed by atoms with Crippen LogP contribution in [-0.2, 0) is 0 Å². The Morgan fingerprint density at radius 3 is 2.45 bits per heavy atom. The Balaban J connectivity index is 1.98. The van der Waals surface area contributed by atoms with Gasteiger partial charge in [0.05, 0.1) is 6.10 Å². The lowest BCUT2D eigenvalue weighted by atomic mass is 9.94. The molecule has 0 heterocycles. The summed E-state index contributed by atoms with van der Waals surface area (Å²) in [5.41, 5.74) is 0.990. The van der Waals surface area contributed by atoms with Crippen LogP contribution in [0.15, 0.2) is 18.2 Å². The van der Waals surface area contributed by atoms with Crippen LogP contribution in [-0.4, -0.2) is 12.1 Å². The number of halogens is 1. The normalized spacial score (nSPS) is 18.2. The van der Waals surface area contributed by atoms with Gasteiger partial charge in [-0.2, -0.15) is 0 Å². The molecule has 1 aromatic carbocycles. The van der Waals surface area contributed by atoms with Crippen molar-refractivity contribution in [1.82, 2.24) is 5.32 Å². The Bertz CT molecular complexity index is 427. The Morgan fingerprint density at radius 2 is 1.85 bits per heavy atom. The van der Waals surface area contributed by atoms with Crippen LogP contribution in [0.4, 0.5) is 4.39 Å². The minimum absolute atomic E-state index is 0.00635. The van der Waals surface area contributed by atoms with Gasteiger partial charge in [-0.15, -0.1) is 0 Å². The highest BCUT2D eigenvalue weighted by molar-refractivity contribution is 5.31. The highest BCUT2D eigenvalue weighted by Crippen LogP contribution is 2.25. The van der Waals surface area contributed by atoms with Crippen LogP contribution in [0.2, 0.25) is 0 Å². The van der Waals surface area contributed by atoms with Crippen LogP contribution in [0, 0.1) is 5.82 Å². The highest BCUT2D eigenvalue weighted by atomic mass is 19.1. The smallest absolute Gasteiger partial charge is 0.165 e. The fourth-order valence-electron chi connectivity index (χ4n) is 2.85. The van der Waals surface area contributed by atoms with Gasteiger partial charge in [-0.3, -0.25) is 0 Å². The standard InChI is InChI=1S/C17H26FNO/c1-12(2)20-17-10-9-14(11-16(17)18)13(3)19-15-7-5-4-6-8-15/h9-13,15,19H,4-8H2,1-3H3/t13-/m1/s1. The molecule has 0 aromatic heterocycles. The van der Waals surface area contributed by atoms with Crippen molar-refractivity contribution in [1.29, 1.82) is 0 Å². The molecule has 1 aliphatic carbocycles. The van der Waals surface area contributed by atoms with Gasteiger partial charge in [-0.05, 0) is 51.3 Å². The summed E-state index contributed by atoms with van der Waals surface area (Å²) in [6.07, 6.45) is 6.43. The molecule has 2 nitrogen and oxygen atoms in total. The summed E-state index contributed by atoms with van der Waals surface area (Å²) in [4.78, 5) is 0. The molecule has 1 aliphatic rings. The van der Waals surface area contributed by atoms with Gasteiger partial charge in [-0.25, -0.2) is 4.39 Å². The molecule has 1 aromatic rings. The van der Waals surface area contributed by atoms with Crippen molar-refractivity contribution >= 4 is 0 Å². The molecule has 3 heteroatoms. The second-order valence-corrected chi connectivity index (χ2v) is 6.08. The summed E-state index contributed by atoms with van der Waals surface area (Å²) in [6.45, 7) is 5.91. The van der Waals surface area contributed by atoms with E-state index in [-0.39, 0.29) is 18.0 Å². The maximum absolute atomic E-state index is 14.0. The third kappa shape index (κ3) is 4.20. The summed E-state index contributed by atoms with van der Waals surface area (Å²) in [5.74, 6) is 0.0714. The van der Waals surface area contributed by atoms with Crippen molar-refractivity contribution in [2.75, 3.05) is 0 Å². The van der Waals surface area contributed by atoms with Crippen molar-refractivity contribution in [3.63, 3.8) is 0 Å². The van der Waals surface area contributed by atoms with E-state index in [0.29, 0.717) is 11.8 Å². The molecule has 2 rings (SSSR count). The molecular weight excluding hydrogens is 253 g/mol. The summed E-state index contributed by atoms with van der Waals surface area (Å²) in [5, 5.41) is 3.62. The van der Waals surface area contributed by atoms with Crippen LogP contribution in [0.3, 0.4) is 0 Å². The molecule has 1 atom stereocenters. The van der Waals surface area contributed by atoms with E-state index in [0.717, 1.165) is 5.56 Å². The highest BCUT2D eigenvalue weighted by Gasteiger charge is 2.17. The summed E-state index contributed by atoms with van der Waals surface area (Å²) in [6, 6.07) is 6.05. The largest absolute Gasteiger partial charge is 0.488 e. The lowest BCUT2D eigenvalue weighted by molar-refractivity contribution is 0.231. The summed E-state index contributed by atoms with van der Waals surface area (Å²) in [7, 11) is 0. The molecule has 0 spiro atoms. The molecule has 1 saturated carbocycles. The van der Waals surface area contributed by atoms with Gasteiger partial charge in [0.25, 0.3) is 0 Å². The first kappa shape index (κ1) is 15.3. The Hall–Kier alpha value is -1.09. The van der Waals surface area contributed by atoms with Crippen LogP contribution >= 0.6 is 0 Å². The van der Waals surface area contributed by atoms with E-state index in [1.165, 1.54) is 32.1 Å². The Kier molecular flexibility index (Phi) is 5.41. The van der Waals surface area contributed by atoms with Gasteiger partial charge in [0, 0.05) is 12.1 Å². The molecule has 0 saturated heterocycles. The lowest BCUT2D eigenvalue weighted by Gasteiger charge is -2.27. The predicted molar refractivity (Wildman–Crippen MR) is 80.6 cm³/mol. The van der Waals surface area contributed by atoms with Crippen molar-refractivity contribution in [3.8, 4) is 5.75 Å². The van der Waals surface area contributed by atoms with E-state index < -0.39 is 0 Å². The third-order valence-electron chi connectivity index (χ3n) is 3.91. The van der Waals surface area contributed by atoms with Crippen LogP contribution in [0.1, 0.15) is 64.5 Å². The second-order valence-electron chi connectivity index (χ2n) is 6.08. The van der Waals surface area contributed by atoms with Gasteiger partial charge in [-0.1, -0.05) is 25.3 Å². The first-order valence-electron chi connectivity index (χ1n) is 7.78. The topological polar surface area (TPSA) is 21.3 Å². The first-order chi connectivity index (χ1) is 9.56. The van der Waals surface area contributed by atoms with E-state index in [1.807, 2.05) is 19.9 Å². The van der Waals surface area contributed by atoms with E-state index in [2.05, 4.69) is 12.2 Å². The summed E-state index contributed by atoms with van der Waals surface area (Å²) >= 11 is 0. The fraction of sp³-hybridized carbons (Fsp3) is 0.647. The first-order valence-corrected chi connectivity index (χ1v) is 7.78. The van der Waals surface area contributed by atoms with Crippen LogP contribution in [0.5, 0.6) is 5.75 Å². The second kappa shape index (κ2) is 7.07. The molecule has 0 unspecified atom stereocenters. The molecule has 1 fully saturated rings. The molecule has 0 radical (unpaired) electrons. The molecule has 0 amide bonds. The van der Waals surface area contributed by atoms with Crippen molar-refractivity contribution < 1.29 is 9.13 Å². The van der Waals surface area contributed by atoms with Gasteiger partial charge in [0.15, 0.2) is 11.6 Å². The number of nitrogens with one attached hydrogen (secondary N) is 1. The van der Waals surface area contributed by atoms with Gasteiger partial charge in [0.2, 0.25) is 0 Å². The predicted octanol–water partition coefficient (Wildman–Crippen LogP) is 4.60. The quantitative estimate of drug-likeness (QED) is 0.850. The van der Waals surface area contributed by atoms with Crippen molar-refractivity contribution in [2.45, 2.75) is 71.1 Å². The molecule has 1 N–H and O–H groups in total. The average Bonchev–Trinajstić information content (AvgIpc) is 2.41. The van der Waals surface area contributed by atoms with E-state index in [9.17, 15) is 4.39 Å². The van der Waals surface area contributed by atoms with Crippen molar-refractivity contribution in [3.05, 3.63) is 29.6 Å². The fourth-order valence-corrected chi connectivity index (χ4v) is 2.85. The maximum Gasteiger partial charge on any atom is 0.165 e. The zero-order chi connectivity index (χ0) is 14.5. The Morgan fingerprint density at radius 1 is 1.15 bits per heavy atom. The molecule has 20 heavy (non-hydrogen) atoms. The number of ether oxygens (including phenoxy) is 1. The maximum atomic E-state index is 14.0. The van der Waals surface area contributed by atoms with Gasteiger partial charge < -0.3 is 10.1 Å². The number of rotatable bonds is 5. The zero-order valence-electron chi connectivity index (χ0n) is 12.8. The molecule has 0 bridgehead atoms. The van der Waals surface area contributed by atoms with E-state index in [1.54, 1.807) is 12.1 Å². The minimum Gasteiger partial charge on any atom is -0.488 e. The van der Waals surface area contributed by atoms with Crippen LogP contribution in [0.25, 0.3) is 0 Å². The zero-order valence-corrected chi connectivity index (χ0v) is 12.8. The van der Waals surface area contributed by atoms with Crippen molar-refractivity contribution in [2.24, 2.45) is 0 Å². The molecule has 0 aliphatic heterocycles. The lowest BCUT2D eigenvalue weighted by Crippen LogP contribution is -2.33. The molecular formula is C17H26FNO. The van der Waals surface area contributed by atoms with E-state index >= 15 is 0 Å². The average molecular weight is 279 g/mol. The monoisotopic (exact) mass is 279 g/mol. The third-order valence-corrected chi connectivity index (χ3v) is 3.91. The number of hydrogen-bond acceptors (Lipinski definition) is 2.